The highest BCUT2D eigenvalue weighted by molar-refractivity contribution is 9.10. The smallest absolute Gasteiger partial charge is 0.234 e. The fourth-order valence-electron chi connectivity index (χ4n) is 1.42. The second-order valence-electron chi connectivity index (χ2n) is 3.73. The fraction of sp³-hybridized carbons (Fsp3) is 0.182. The second kappa shape index (κ2) is 6.14. The van der Waals surface area contributed by atoms with Crippen molar-refractivity contribution in [3.05, 3.63) is 39.6 Å². The molecule has 0 bridgehead atoms. The summed E-state index contributed by atoms with van der Waals surface area (Å²) < 4.78 is 2.43. The molecule has 6 nitrogen and oxygen atoms in total. The summed E-state index contributed by atoms with van der Waals surface area (Å²) in [6.45, 7) is 0.238. The first-order chi connectivity index (χ1) is 9.10. The zero-order valence-corrected chi connectivity index (χ0v) is 12.1. The number of hydrogen-bond donors (Lipinski definition) is 2. The molecule has 100 valence electrons. The average molecular weight is 345 g/mol. The molecule has 0 saturated carbocycles. The molecule has 1 heterocycles. The van der Waals surface area contributed by atoms with Gasteiger partial charge in [-0.1, -0.05) is 16.8 Å². The standard InChI is InChI=1S/C11H11BrClN5O/c12-9-2-1-7(13)3-10(9)18-6-8(16-17-18)5-15-11(19)4-14/h1-3,6H,4-5,14H2,(H,15,19). The minimum Gasteiger partial charge on any atom is -0.349 e. The van der Waals surface area contributed by atoms with Gasteiger partial charge in [-0.05, 0) is 34.1 Å². The summed E-state index contributed by atoms with van der Waals surface area (Å²) >= 11 is 9.36. The molecule has 2 rings (SSSR count). The highest BCUT2D eigenvalue weighted by Crippen LogP contribution is 2.24. The summed E-state index contributed by atoms with van der Waals surface area (Å²) in [5.41, 5.74) is 6.60. The molecule has 0 unspecified atom stereocenters. The van der Waals surface area contributed by atoms with Gasteiger partial charge < -0.3 is 11.1 Å². The summed E-state index contributed by atoms with van der Waals surface area (Å²) in [6, 6.07) is 5.37. The lowest BCUT2D eigenvalue weighted by molar-refractivity contribution is -0.119. The van der Waals surface area contributed by atoms with Crippen molar-refractivity contribution >= 4 is 33.4 Å². The highest BCUT2D eigenvalue weighted by atomic mass is 79.9. The Bertz CT molecular complexity index is 601. The Morgan fingerprint density at radius 2 is 2.32 bits per heavy atom. The van der Waals surface area contributed by atoms with Gasteiger partial charge in [-0.2, -0.15) is 0 Å². The van der Waals surface area contributed by atoms with Crippen LogP contribution in [0.1, 0.15) is 5.69 Å². The van der Waals surface area contributed by atoms with Crippen molar-refractivity contribution in [2.75, 3.05) is 6.54 Å². The van der Waals surface area contributed by atoms with Crippen molar-refractivity contribution in [1.29, 1.82) is 0 Å². The summed E-state index contributed by atoms with van der Waals surface area (Å²) in [6.07, 6.45) is 1.72. The van der Waals surface area contributed by atoms with Gasteiger partial charge in [0, 0.05) is 9.50 Å². The van der Waals surface area contributed by atoms with Gasteiger partial charge in [-0.3, -0.25) is 4.79 Å². The van der Waals surface area contributed by atoms with Crippen molar-refractivity contribution in [2.24, 2.45) is 5.73 Å². The topological polar surface area (TPSA) is 85.8 Å². The lowest BCUT2D eigenvalue weighted by Crippen LogP contribution is -2.29. The van der Waals surface area contributed by atoms with E-state index in [1.807, 2.05) is 6.07 Å². The van der Waals surface area contributed by atoms with E-state index in [1.54, 1.807) is 23.0 Å². The fourth-order valence-corrected chi connectivity index (χ4v) is 2.01. The first-order valence-electron chi connectivity index (χ1n) is 5.43. The number of carbonyl (C=O) groups excluding carboxylic acids is 1. The first kappa shape index (κ1) is 14.0. The second-order valence-corrected chi connectivity index (χ2v) is 5.02. The van der Waals surface area contributed by atoms with Crippen LogP contribution in [0.15, 0.2) is 28.9 Å². The van der Waals surface area contributed by atoms with E-state index in [4.69, 9.17) is 17.3 Å². The maximum Gasteiger partial charge on any atom is 0.234 e. The third-order valence-electron chi connectivity index (χ3n) is 2.35. The molecule has 0 radical (unpaired) electrons. The number of hydrogen-bond acceptors (Lipinski definition) is 4. The normalized spacial score (nSPS) is 10.5. The average Bonchev–Trinajstić information content (AvgIpc) is 2.87. The monoisotopic (exact) mass is 343 g/mol. The highest BCUT2D eigenvalue weighted by Gasteiger charge is 2.07. The van der Waals surface area contributed by atoms with Gasteiger partial charge in [0.2, 0.25) is 5.91 Å². The van der Waals surface area contributed by atoms with Crippen LogP contribution in [-0.4, -0.2) is 27.4 Å². The molecule has 0 aliphatic rings. The van der Waals surface area contributed by atoms with E-state index in [1.165, 1.54) is 0 Å². The van der Waals surface area contributed by atoms with Crippen molar-refractivity contribution < 1.29 is 4.79 Å². The molecule has 0 fully saturated rings. The predicted octanol–water partition coefficient (Wildman–Crippen LogP) is 1.26. The quantitative estimate of drug-likeness (QED) is 0.874. The lowest BCUT2D eigenvalue weighted by atomic mass is 10.3. The zero-order valence-electron chi connectivity index (χ0n) is 9.81. The van der Waals surface area contributed by atoms with Gasteiger partial charge in [0.15, 0.2) is 0 Å². The van der Waals surface area contributed by atoms with Crippen LogP contribution < -0.4 is 11.1 Å². The number of rotatable bonds is 4. The molecule has 8 heteroatoms. The van der Waals surface area contributed by atoms with E-state index in [0.29, 0.717) is 10.7 Å². The van der Waals surface area contributed by atoms with Gasteiger partial charge in [0.1, 0.15) is 5.69 Å². The van der Waals surface area contributed by atoms with E-state index in [0.717, 1.165) is 10.2 Å². The third-order valence-corrected chi connectivity index (χ3v) is 3.25. The predicted molar refractivity (Wildman–Crippen MR) is 75.0 cm³/mol. The molecule has 0 spiro atoms. The van der Waals surface area contributed by atoms with Gasteiger partial charge in [0.05, 0.1) is 25.0 Å². The minimum atomic E-state index is -0.238. The molecule has 1 aromatic heterocycles. The number of halogens is 2. The molecule has 2 aromatic rings. The Morgan fingerprint density at radius 1 is 1.53 bits per heavy atom. The first-order valence-corrected chi connectivity index (χ1v) is 6.60. The van der Waals surface area contributed by atoms with Crippen molar-refractivity contribution in [3.63, 3.8) is 0 Å². The van der Waals surface area contributed by atoms with Crippen LogP contribution >= 0.6 is 27.5 Å². The Balaban J connectivity index is 2.16. The van der Waals surface area contributed by atoms with E-state index in [2.05, 4.69) is 31.6 Å². The van der Waals surface area contributed by atoms with Crippen molar-refractivity contribution in [2.45, 2.75) is 6.54 Å². The molecule has 1 amide bonds. The van der Waals surface area contributed by atoms with Crippen molar-refractivity contribution in [1.82, 2.24) is 20.3 Å². The number of nitrogens with one attached hydrogen (secondary N) is 1. The molecule has 19 heavy (non-hydrogen) atoms. The number of nitrogens with zero attached hydrogens (tertiary/aromatic N) is 3. The minimum absolute atomic E-state index is 0.0476. The molecular weight excluding hydrogens is 334 g/mol. The van der Waals surface area contributed by atoms with Crippen LogP contribution in [0, 0.1) is 0 Å². The maximum atomic E-state index is 11.0. The summed E-state index contributed by atoms with van der Waals surface area (Å²) in [5, 5.41) is 11.2. The van der Waals surface area contributed by atoms with Crippen LogP contribution in [0.2, 0.25) is 5.02 Å². The van der Waals surface area contributed by atoms with E-state index >= 15 is 0 Å². The van der Waals surface area contributed by atoms with E-state index in [9.17, 15) is 4.79 Å². The summed E-state index contributed by atoms with van der Waals surface area (Å²) in [5.74, 6) is -0.238. The van der Waals surface area contributed by atoms with E-state index < -0.39 is 0 Å². The number of amides is 1. The molecule has 0 aliphatic heterocycles. The van der Waals surface area contributed by atoms with Crippen LogP contribution in [0.5, 0.6) is 0 Å². The van der Waals surface area contributed by atoms with Crippen LogP contribution in [0.3, 0.4) is 0 Å². The number of benzene rings is 1. The molecule has 0 saturated heterocycles. The molecule has 0 aliphatic carbocycles. The Labute approximate surface area is 123 Å². The van der Waals surface area contributed by atoms with Crippen molar-refractivity contribution in [3.8, 4) is 5.69 Å². The molecule has 0 atom stereocenters. The van der Waals surface area contributed by atoms with Crippen LogP contribution in [0.25, 0.3) is 5.69 Å². The number of carbonyl (C=O) groups is 1. The molecule has 1 aromatic carbocycles. The Morgan fingerprint density at radius 3 is 3.05 bits per heavy atom. The Hall–Kier alpha value is -1.44. The molecule has 3 N–H and O–H groups in total. The van der Waals surface area contributed by atoms with Gasteiger partial charge >= 0.3 is 0 Å². The Kier molecular flexibility index (Phi) is 4.52. The van der Waals surface area contributed by atoms with Gasteiger partial charge in [-0.25, -0.2) is 4.68 Å². The SMILES string of the molecule is NCC(=O)NCc1cn(-c2cc(Cl)ccc2Br)nn1. The number of nitrogens with two attached hydrogens (primary N) is 1. The van der Waals surface area contributed by atoms with Gasteiger partial charge in [0.25, 0.3) is 0 Å². The van der Waals surface area contributed by atoms with E-state index in [-0.39, 0.29) is 19.0 Å². The van der Waals surface area contributed by atoms with Gasteiger partial charge in [-0.15, -0.1) is 5.10 Å². The zero-order chi connectivity index (χ0) is 13.8. The maximum absolute atomic E-state index is 11.0. The summed E-state index contributed by atoms with van der Waals surface area (Å²) in [4.78, 5) is 11.0. The summed E-state index contributed by atoms with van der Waals surface area (Å²) in [7, 11) is 0. The number of aromatic nitrogens is 3. The lowest BCUT2D eigenvalue weighted by Gasteiger charge is -2.03. The van der Waals surface area contributed by atoms with Crippen LogP contribution in [0.4, 0.5) is 0 Å². The molecular formula is C11H11BrClN5O. The van der Waals surface area contributed by atoms with Crippen LogP contribution in [-0.2, 0) is 11.3 Å². The largest absolute Gasteiger partial charge is 0.349 e. The third kappa shape index (κ3) is 3.52.